The van der Waals surface area contributed by atoms with Crippen LogP contribution in [0.4, 0.5) is 0 Å². The highest BCUT2D eigenvalue weighted by Gasteiger charge is 2.57. The average molecular weight is 152 g/mol. The van der Waals surface area contributed by atoms with Gasteiger partial charge in [0.25, 0.3) is 0 Å². The highest BCUT2D eigenvalue weighted by atomic mass is 16.3. The van der Waals surface area contributed by atoms with Gasteiger partial charge < -0.3 is 5.11 Å². The van der Waals surface area contributed by atoms with E-state index in [1.54, 1.807) is 0 Å². The fraction of sp³-hybridized carbons (Fsp3) is 1.00. The molecule has 0 spiro atoms. The molecule has 1 nitrogen and oxygen atoms in total. The molecule has 0 saturated heterocycles. The maximum atomic E-state index is 9.37. The summed E-state index contributed by atoms with van der Waals surface area (Å²) in [6, 6.07) is 0. The van der Waals surface area contributed by atoms with Gasteiger partial charge in [0.1, 0.15) is 0 Å². The lowest BCUT2D eigenvalue weighted by molar-refractivity contribution is 0.0905. The maximum Gasteiger partial charge on any atom is 0.0490 e. The van der Waals surface area contributed by atoms with Crippen LogP contribution in [0.15, 0.2) is 0 Å². The minimum absolute atomic E-state index is 0.424. The largest absolute Gasteiger partial charge is 0.396 e. The molecule has 4 saturated carbocycles. The average Bonchev–Trinajstić information content (AvgIpc) is 2.37. The van der Waals surface area contributed by atoms with Crippen molar-refractivity contribution in [2.45, 2.75) is 32.1 Å². The third kappa shape index (κ3) is 0.658. The zero-order chi connectivity index (χ0) is 7.47. The number of hydrogen-bond acceptors (Lipinski definition) is 1. The lowest BCUT2D eigenvalue weighted by atomic mass is 9.76. The van der Waals surface area contributed by atoms with Gasteiger partial charge in [0, 0.05) is 6.61 Å². The quantitative estimate of drug-likeness (QED) is 0.607. The molecule has 62 valence electrons. The van der Waals surface area contributed by atoms with Crippen LogP contribution in [-0.2, 0) is 0 Å². The topological polar surface area (TPSA) is 20.2 Å². The van der Waals surface area contributed by atoms with Crippen LogP contribution < -0.4 is 0 Å². The normalized spacial score (nSPS) is 59.2. The number of aliphatic hydroxyl groups excluding tert-OH is 1. The molecule has 1 N–H and O–H groups in total. The van der Waals surface area contributed by atoms with E-state index < -0.39 is 0 Å². The molecule has 0 unspecified atom stereocenters. The second-order valence-electron chi connectivity index (χ2n) is 5.06. The van der Waals surface area contributed by atoms with Crippen LogP contribution in [0.5, 0.6) is 0 Å². The van der Waals surface area contributed by atoms with Gasteiger partial charge in [0.05, 0.1) is 0 Å². The summed E-state index contributed by atoms with van der Waals surface area (Å²) in [5.41, 5.74) is 0.424. The highest BCUT2D eigenvalue weighted by Crippen LogP contribution is 2.64. The SMILES string of the molecule is OCC12C[C@H]3CC1C[C@@H](C3)C2. The van der Waals surface area contributed by atoms with Gasteiger partial charge in [-0.15, -0.1) is 0 Å². The Morgan fingerprint density at radius 3 is 2.18 bits per heavy atom. The summed E-state index contributed by atoms with van der Waals surface area (Å²) in [4.78, 5) is 0. The monoisotopic (exact) mass is 152 g/mol. The third-order valence-corrected chi connectivity index (χ3v) is 4.47. The van der Waals surface area contributed by atoms with Crippen molar-refractivity contribution in [2.75, 3.05) is 6.61 Å². The first-order valence-corrected chi connectivity index (χ1v) is 4.93. The maximum absolute atomic E-state index is 9.37. The van der Waals surface area contributed by atoms with E-state index in [1.807, 2.05) is 0 Å². The van der Waals surface area contributed by atoms with Crippen molar-refractivity contribution in [3.05, 3.63) is 0 Å². The van der Waals surface area contributed by atoms with E-state index in [4.69, 9.17) is 0 Å². The summed E-state index contributed by atoms with van der Waals surface area (Å²) < 4.78 is 0. The second kappa shape index (κ2) is 1.82. The predicted octanol–water partition coefficient (Wildman–Crippen LogP) is 1.80. The molecule has 0 aromatic carbocycles. The molecule has 4 aliphatic rings. The standard InChI is InChI=1S/C10H16O/c11-6-10-4-7-1-8(5-10)3-9(10)2-7/h7-9,11H,1-6H2/t7-,8-,9?,10?/m1/s1. The Hall–Kier alpha value is -0.0400. The molecule has 0 heterocycles. The molecular weight excluding hydrogens is 136 g/mol. The Bertz CT molecular complexity index is 173. The fourth-order valence-electron chi connectivity index (χ4n) is 4.22. The van der Waals surface area contributed by atoms with Crippen LogP contribution in [0.3, 0.4) is 0 Å². The van der Waals surface area contributed by atoms with Crippen LogP contribution in [0.2, 0.25) is 0 Å². The summed E-state index contributed by atoms with van der Waals surface area (Å²) in [7, 11) is 0. The van der Waals surface area contributed by atoms with Gasteiger partial charge in [-0.05, 0) is 55.3 Å². The van der Waals surface area contributed by atoms with Crippen LogP contribution >= 0.6 is 0 Å². The minimum atomic E-state index is 0.424. The zero-order valence-electron chi connectivity index (χ0n) is 6.92. The molecule has 4 fully saturated rings. The molecular formula is C10H16O. The van der Waals surface area contributed by atoms with E-state index in [-0.39, 0.29) is 0 Å². The van der Waals surface area contributed by atoms with E-state index >= 15 is 0 Å². The molecule has 4 bridgehead atoms. The molecule has 0 aromatic heterocycles. The summed E-state index contributed by atoms with van der Waals surface area (Å²) >= 11 is 0. The minimum Gasteiger partial charge on any atom is -0.396 e. The van der Waals surface area contributed by atoms with Crippen molar-refractivity contribution in [1.82, 2.24) is 0 Å². The van der Waals surface area contributed by atoms with Gasteiger partial charge in [0.15, 0.2) is 0 Å². The Kier molecular flexibility index (Phi) is 1.07. The lowest BCUT2D eigenvalue weighted by Crippen LogP contribution is -2.26. The Balaban J connectivity index is 1.98. The van der Waals surface area contributed by atoms with Crippen molar-refractivity contribution in [3.8, 4) is 0 Å². The van der Waals surface area contributed by atoms with E-state index in [9.17, 15) is 5.11 Å². The fourth-order valence-corrected chi connectivity index (χ4v) is 4.22. The molecule has 2 atom stereocenters. The first-order valence-electron chi connectivity index (χ1n) is 4.93. The highest BCUT2D eigenvalue weighted by molar-refractivity contribution is 5.06. The summed E-state index contributed by atoms with van der Waals surface area (Å²) in [6.07, 6.45) is 7.07. The molecule has 0 aromatic rings. The summed E-state index contributed by atoms with van der Waals surface area (Å²) in [5, 5.41) is 9.37. The molecule has 0 aliphatic heterocycles. The summed E-state index contributed by atoms with van der Waals surface area (Å²) in [6.45, 7) is 0.477. The first-order chi connectivity index (χ1) is 5.32. The van der Waals surface area contributed by atoms with Crippen molar-refractivity contribution in [3.63, 3.8) is 0 Å². The van der Waals surface area contributed by atoms with Gasteiger partial charge in [-0.25, -0.2) is 0 Å². The Morgan fingerprint density at radius 1 is 1.09 bits per heavy atom. The van der Waals surface area contributed by atoms with Crippen molar-refractivity contribution >= 4 is 0 Å². The first kappa shape index (κ1) is 6.47. The molecule has 11 heavy (non-hydrogen) atoms. The van der Waals surface area contributed by atoms with Crippen LogP contribution in [0.1, 0.15) is 32.1 Å². The van der Waals surface area contributed by atoms with Gasteiger partial charge >= 0.3 is 0 Å². The molecule has 4 aliphatic carbocycles. The van der Waals surface area contributed by atoms with E-state index in [0.29, 0.717) is 12.0 Å². The Labute approximate surface area is 67.8 Å². The van der Waals surface area contributed by atoms with Gasteiger partial charge in [-0.3, -0.25) is 0 Å². The van der Waals surface area contributed by atoms with Gasteiger partial charge in [0.2, 0.25) is 0 Å². The van der Waals surface area contributed by atoms with Crippen molar-refractivity contribution in [2.24, 2.45) is 23.2 Å². The van der Waals surface area contributed by atoms with Crippen molar-refractivity contribution in [1.29, 1.82) is 0 Å². The predicted molar refractivity (Wildman–Crippen MR) is 43.1 cm³/mol. The summed E-state index contributed by atoms with van der Waals surface area (Å²) in [5.74, 6) is 2.91. The number of rotatable bonds is 1. The number of aliphatic hydroxyl groups is 1. The van der Waals surface area contributed by atoms with Gasteiger partial charge in [-0.1, -0.05) is 0 Å². The van der Waals surface area contributed by atoms with Crippen molar-refractivity contribution < 1.29 is 5.11 Å². The zero-order valence-corrected chi connectivity index (χ0v) is 6.92. The van der Waals surface area contributed by atoms with E-state index in [0.717, 1.165) is 17.8 Å². The lowest BCUT2D eigenvalue weighted by Gasteiger charge is -2.30. The molecule has 0 radical (unpaired) electrons. The molecule has 4 rings (SSSR count). The number of hydrogen-bond donors (Lipinski definition) is 1. The van der Waals surface area contributed by atoms with Crippen LogP contribution in [0.25, 0.3) is 0 Å². The molecule has 1 heteroatoms. The smallest absolute Gasteiger partial charge is 0.0490 e. The Morgan fingerprint density at radius 2 is 1.73 bits per heavy atom. The van der Waals surface area contributed by atoms with Crippen LogP contribution in [0, 0.1) is 23.2 Å². The van der Waals surface area contributed by atoms with Crippen LogP contribution in [-0.4, -0.2) is 11.7 Å². The van der Waals surface area contributed by atoms with E-state index in [1.165, 1.54) is 32.1 Å². The second-order valence-corrected chi connectivity index (χ2v) is 5.06. The van der Waals surface area contributed by atoms with E-state index in [2.05, 4.69) is 0 Å². The third-order valence-electron chi connectivity index (χ3n) is 4.47. The molecule has 0 amide bonds. The van der Waals surface area contributed by atoms with Gasteiger partial charge in [-0.2, -0.15) is 0 Å².